The average molecular weight is 401 g/mol. The molecule has 2 aromatic rings. The van der Waals surface area contributed by atoms with Crippen molar-refractivity contribution < 1.29 is 4.79 Å². The Morgan fingerprint density at radius 2 is 1.80 bits per heavy atom. The fraction of sp³-hybridized carbons (Fsp3) is 0.381. The Hall–Kier alpha value is -1.65. The first-order chi connectivity index (χ1) is 12.2. The summed E-state index contributed by atoms with van der Waals surface area (Å²) in [5.74, 6) is 0.287. The van der Waals surface area contributed by atoms with Gasteiger partial charge in [-0.05, 0) is 61.7 Å². The van der Waals surface area contributed by atoms with Crippen molar-refractivity contribution in [2.45, 2.75) is 32.7 Å². The van der Waals surface area contributed by atoms with E-state index >= 15 is 0 Å². The summed E-state index contributed by atoms with van der Waals surface area (Å²) in [6.45, 7) is 5.03. The van der Waals surface area contributed by atoms with E-state index in [1.165, 1.54) is 11.1 Å². The minimum absolute atomic E-state index is 0.117. The molecule has 1 saturated heterocycles. The average Bonchev–Trinajstić information content (AvgIpc) is 2.64. The molecule has 1 heterocycles. The molecule has 1 amide bonds. The lowest BCUT2D eigenvalue weighted by atomic mass is 9.95. The lowest BCUT2D eigenvalue weighted by Gasteiger charge is -2.31. The minimum Gasteiger partial charge on any atom is -0.326 e. The number of piperidine rings is 1. The maximum absolute atomic E-state index is 12.6. The number of amides is 1. The van der Waals surface area contributed by atoms with E-state index in [0.29, 0.717) is 0 Å². The van der Waals surface area contributed by atoms with Gasteiger partial charge in [0.1, 0.15) is 0 Å². The van der Waals surface area contributed by atoms with Crippen molar-refractivity contribution in [2.24, 2.45) is 5.92 Å². The zero-order chi connectivity index (χ0) is 17.6. The normalized spacial score (nSPS) is 15.9. The van der Waals surface area contributed by atoms with Gasteiger partial charge in [0, 0.05) is 22.6 Å². The number of benzene rings is 2. The first kappa shape index (κ1) is 18.2. The number of hydrogen-bond acceptors (Lipinski definition) is 2. The second-order valence-corrected chi connectivity index (χ2v) is 7.59. The Morgan fingerprint density at radius 1 is 1.12 bits per heavy atom. The van der Waals surface area contributed by atoms with Crippen LogP contribution in [0.3, 0.4) is 0 Å². The van der Waals surface area contributed by atoms with Gasteiger partial charge in [-0.1, -0.05) is 53.2 Å². The van der Waals surface area contributed by atoms with Crippen LogP contribution in [0.5, 0.6) is 0 Å². The fourth-order valence-corrected chi connectivity index (χ4v) is 3.65. The highest BCUT2D eigenvalue weighted by atomic mass is 79.9. The highest BCUT2D eigenvalue weighted by molar-refractivity contribution is 9.10. The van der Waals surface area contributed by atoms with Gasteiger partial charge in [0.15, 0.2) is 0 Å². The molecule has 1 aliphatic heterocycles. The number of nitrogens with one attached hydrogen (secondary N) is 1. The number of para-hydroxylation sites is 1. The zero-order valence-electron chi connectivity index (χ0n) is 14.7. The molecule has 2 aromatic carbocycles. The highest BCUT2D eigenvalue weighted by Crippen LogP contribution is 2.23. The molecule has 4 heteroatoms. The molecule has 0 radical (unpaired) electrons. The summed E-state index contributed by atoms with van der Waals surface area (Å²) in [4.78, 5) is 15.0. The zero-order valence-corrected chi connectivity index (χ0v) is 16.3. The summed E-state index contributed by atoms with van der Waals surface area (Å²) in [5.41, 5.74) is 3.48. The molecule has 3 nitrogen and oxygen atoms in total. The van der Waals surface area contributed by atoms with Gasteiger partial charge in [-0.25, -0.2) is 0 Å². The van der Waals surface area contributed by atoms with Gasteiger partial charge >= 0.3 is 0 Å². The van der Waals surface area contributed by atoms with E-state index in [-0.39, 0.29) is 11.8 Å². The van der Waals surface area contributed by atoms with Gasteiger partial charge in [0.2, 0.25) is 5.91 Å². The number of carbonyl (C=O) groups is 1. The second-order valence-electron chi connectivity index (χ2n) is 6.68. The summed E-state index contributed by atoms with van der Waals surface area (Å²) in [6, 6.07) is 16.6. The topological polar surface area (TPSA) is 32.3 Å². The maximum atomic E-state index is 12.6. The van der Waals surface area contributed by atoms with Crippen LogP contribution in [0.1, 0.15) is 30.9 Å². The Balaban J connectivity index is 1.51. The molecular formula is C21H25BrN2O. The molecule has 1 fully saturated rings. The molecule has 132 valence electrons. The van der Waals surface area contributed by atoms with Crippen LogP contribution >= 0.6 is 15.9 Å². The number of rotatable bonds is 5. The Morgan fingerprint density at radius 3 is 2.48 bits per heavy atom. The largest absolute Gasteiger partial charge is 0.326 e. The van der Waals surface area contributed by atoms with Crippen LogP contribution in [-0.4, -0.2) is 23.9 Å². The van der Waals surface area contributed by atoms with Crippen molar-refractivity contribution in [3.63, 3.8) is 0 Å². The van der Waals surface area contributed by atoms with Crippen LogP contribution in [0.25, 0.3) is 0 Å². The monoisotopic (exact) mass is 400 g/mol. The number of halogens is 1. The number of aryl methyl sites for hydroxylation is 1. The quantitative estimate of drug-likeness (QED) is 0.776. The molecule has 0 saturated carbocycles. The van der Waals surface area contributed by atoms with Crippen molar-refractivity contribution >= 4 is 27.5 Å². The molecule has 0 spiro atoms. The summed E-state index contributed by atoms with van der Waals surface area (Å²) in [6.07, 6.45) is 2.79. The van der Waals surface area contributed by atoms with Crippen molar-refractivity contribution in [1.29, 1.82) is 0 Å². The van der Waals surface area contributed by atoms with Gasteiger partial charge in [-0.2, -0.15) is 0 Å². The van der Waals surface area contributed by atoms with Crippen molar-refractivity contribution in [3.05, 3.63) is 64.1 Å². The van der Waals surface area contributed by atoms with Crippen LogP contribution in [0.15, 0.2) is 53.0 Å². The van der Waals surface area contributed by atoms with Gasteiger partial charge in [-0.15, -0.1) is 0 Å². The Bertz CT molecular complexity index is 706. The van der Waals surface area contributed by atoms with Crippen LogP contribution in [0.4, 0.5) is 5.69 Å². The second kappa shape index (κ2) is 8.63. The number of likely N-dealkylation sites (tertiary alicyclic amines) is 1. The number of hydrogen-bond donors (Lipinski definition) is 1. The maximum Gasteiger partial charge on any atom is 0.227 e. The van der Waals surface area contributed by atoms with E-state index < -0.39 is 0 Å². The molecule has 0 unspecified atom stereocenters. The molecule has 0 bridgehead atoms. The minimum atomic E-state index is 0.117. The first-order valence-electron chi connectivity index (χ1n) is 9.01. The highest BCUT2D eigenvalue weighted by Gasteiger charge is 2.25. The summed E-state index contributed by atoms with van der Waals surface area (Å²) in [5, 5.41) is 3.14. The fourth-order valence-electron chi connectivity index (χ4n) is 3.39. The summed E-state index contributed by atoms with van der Waals surface area (Å²) in [7, 11) is 0. The predicted molar refractivity (Wildman–Crippen MR) is 107 cm³/mol. The molecule has 1 aliphatic rings. The van der Waals surface area contributed by atoms with Crippen molar-refractivity contribution in [3.8, 4) is 0 Å². The van der Waals surface area contributed by atoms with Crippen molar-refractivity contribution in [1.82, 2.24) is 4.90 Å². The standard InChI is InChI=1S/C21H25BrN2O/c1-2-17-5-3-4-6-20(17)23-21(25)18-11-13-24(14-12-18)15-16-7-9-19(22)10-8-16/h3-10,18H,2,11-15H2,1H3,(H,23,25). The SMILES string of the molecule is CCc1ccccc1NC(=O)C1CCN(Cc2ccc(Br)cc2)CC1. The van der Waals surface area contributed by atoms with Gasteiger partial charge < -0.3 is 5.32 Å². The van der Waals surface area contributed by atoms with E-state index in [1.807, 2.05) is 18.2 Å². The molecule has 0 aromatic heterocycles. The molecule has 1 N–H and O–H groups in total. The summed E-state index contributed by atoms with van der Waals surface area (Å²) >= 11 is 3.47. The number of anilines is 1. The lowest BCUT2D eigenvalue weighted by Crippen LogP contribution is -2.37. The van der Waals surface area contributed by atoms with E-state index in [9.17, 15) is 4.79 Å². The molecule has 0 atom stereocenters. The molecule has 0 aliphatic carbocycles. The Kier molecular flexibility index (Phi) is 6.27. The van der Waals surface area contributed by atoms with E-state index in [1.54, 1.807) is 0 Å². The van der Waals surface area contributed by atoms with E-state index in [0.717, 1.165) is 49.1 Å². The van der Waals surface area contributed by atoms with E-state index in [2.05, 4.69) is 63.4 Å². The number of carbonyl (C=O) groups excluding carboxylic acids is 1. The third-order valence-electron chi connectivity index (χ3n) is 4.93. The summed E-state index contributed by atoms with van der Waals surface area (Å²) < 4.78 is 1.11. The number of nitrogens with zero attached hydrogens (tertiary/aromatic N) is 1. The van der Waals surface area contributed by atoms with Gasteiger partial charge in [0.25, 0.3) is 0 Å². The third kappa shape index (κ3) is 4.93. The smallest absolute Gasteiger partial charge is 0.227 e. The molecular weight excluding hydrogens is 376 g/mol. The lowest BCUT2D eigenvalue weighted by molar-refractivity contribution is -0.121. The first-order valence-corrected chi connectivity index (χ1v) is 9.80. The van der Waals surface area contributed by atoms with E-state index in [4.69, 9.17) is 0 Å². The van der Waals surface area contributed by atoms with Gasteiger partial charge in [0.05, 0.1) is 0 Å². The van der Waals surface area contributed by atoms with Crippen LogP contribution < -0.4 is 5.32 Å². The van der Waals surface area contributed by atoms with Gasteiger partial charge in [-0.3, -0.25) is 9.69 Å². The van der Waals surface area contributed by atoms with Crippen LogP contribution in [-0.2, 0) is 17.8 Å². The predicted octanol–water partition coefficient (Wildman–Crippen LogP) is 4.86. The third-order valence-corrected chi connectivity index (χ3v) is 5.46. The molecule has 25 heavy (non-hydrogen) atoms. The van der Waals surface area contributed by atoms with Crippen LogP contribution in [0.2, 0.25) is 0 Å². The molecule has 3 rings (SSSR count). The van der Waals surface area contributed by atoms with Crippen molar-refractivity contribution in [2.75, 3.05) is 18.4 Å². The van der Waals surface area contributed by atoms with Crippen LogP contribution in [0, 0.1) is 5.92 Å². The Labute approximate surface area is 158 Å².